The molecule has 0 spiro atoms. The Morgan fingerprint density at radius 3 is 2.56 bits per heavy atom. The zero-order valence-electron chi connectivity index (χ0n) is 10.1. The number of benzene rings is 1. The molecule has 0 fully saturated rings. The van der Waals surface area contributed by atoms with Gasteiger partial charge in [-0.15, -0.1) is 0 Å². The van der Waals surface area contributed by atoms with Gasteiger partial charge < -0.3 is 10.4 Å². The maximum Gasteiger partial charge on any atom is 0.253 e. The van der Waals surface area contributed by atoms with Gasteiger partial charge in [-0.3, -0.25) is 9.78 Å². The maximum absolute atomic E-state index is 11.8. The number of phenolic OH excluding ortho intramolecular Hbond substituents is 1. The predicted octanol–water partition coefficient (Wildman–Crippen LogP) is 2.03. The van der Waals surface area contributed by atoms with Crippen molar-refractivity contribution >= 4 is 5.91 Å². The molecule has 92 valence electrons. The number of carbonyl (C=O) groups is 1. The summed E-state index contributed by atoms with van der Waals surface area (Å²) >= 11 is 0. The maximum atomic E-state index is 11.8. The number of aryl methyl sites for hydroxylation is 1. The first-order valence-electron chi connectivity index (χ1n) is 5.64. The van der Waals surface area contributed by atoms with Crippen molar-refractivity contribution in [1.82, 2.24) is 10.3 Å². The van der Waals surface area contributed by atoms with Crippen molar-refractivity contribution in [3.05, 3.63) is 59.4 Å². The van der Waals surface area contributed by atoms with Gasteiger partial charge in [-0.05, 0) is 36.8 Å². The lowest BCUT2D eigenvalue weighted by molar-refractivity contribution is 0.0950. The Balaban J connectivity index is 1.96. The van der Waals surface area contributed by atoms with Crippen molar-refractivity contribution in [2.45, 2.75) is 13.5 Å². The molecule has 0 aliphatic rings. The normalized spacial score (nSPS) is 10.1. The molecule has 1 amide bonds. The molecular formula is C14H14N2O2. The van der Waals surface area contributed by atoms with E-state index in [0.29, 0.717) is 12.1 Å². The monoisotopic (exact) mass is 242 g/mol. The first-order valence-corrected chi connectivity index (χ1v) is 5.64. The van der Waals surface area contributed by atoms with E-state index in [-0.39, 0.29) is 11.7 Å². The van der Waals surface area contributed by atoms with Gasteiger partial charge >= 0.3 is 0 Å². The third kappa shape index (κ3) is 3.07. The minimum Gasteiger partial charge on any atom is -0.508 e. The van der Waals surface area contributed by atoms with Gasteiger partial charge in [0.25, 0.3) is 5.91 Å². The van der Waals surface area contributed by atoms with E-state index >= 15 is 0 Å². The number of phenols is 1. The van der Waals surface area contributed by atoms with Crippen LogP contribution in [0.25, 0.3) is 0 Å². The highest BCUT2D eigenvalue weighted by molar-refractivity contribution is 5.93. The molecule has 0 saturated carbocycles. The summed E-state index contributed by atoms with van der Waals surface area (Å²) in [5, 5.41) is 11.9. The van der Waals surface area contributed by atoms with Crippen LogP contribution in [0.3, 0.4) is 0 Å². The molecule has 2 rings (SSSR count). The summed E-state index contributed by atoms with van der Waals surface area (Å²) in [6.07, 6.45) is 1.56. The fourth-order valence-electron chi connectivity index (χ4n) is 1.50. The fourth-order valence-corrected chi connectivity index (χ4v) is 1.50. The number of carbonyl (C=O) groups excluding carboxylic acids is 1. The van der Waals surface area contributed by atoms with Crippen molar-refractivity contribution in [2.75, 3.05) is 0 Å². The lowest BCUT2D eigenvalue weighted by atomic mass is 10.2. The molecule has 4 heteroatoms. The third-order valence-corrected chi connectivity index (χ3v) is 2.56. The van der Waals surface area contributed by atoms with E-state index < -0.39 is 0 Å². The minimum absolute atomic E-state index is 0.157. The van der Waals surface area contributed by atoms with Crippen LogP contribution in [0, 0.1) is 6.92 Å². The molecule has 2 N–H and O–H groups in total. The Hall–Kier alpha value is -2.36. The second kappa shape index (κ2) is 5.31. The predicted molar refractivity (Wildman–Crippen MR) is 68.3 cm³/mol. The van der Waals surface area contributed by atoms with Gasteiger partial charge in [-0.25, -0.2) is 0 Å². The van der Waals surface area contributed by atoms with Gasteiger partial charge in [0.15, 0.2) is 0 Å². The second-order valence-electron chi connectivity index (χ2n) is 4.04. The molecule has 0 radical (unpaired) electrons. The minimum atomic E-state index is -0.157. The Labute approximate surface area is 105 Å². The fraction of sp³-hybridized carbons (Fsp3) is 0.143. The van der Waals surface area contributed by atoms with Crippen LogP contribution in [0.5, 0.6) is 5.75 Å². The summed E-state index contributed by atoms with van der Waals surface area (Å²) in [6, 6.07) is 10.3. The number of hydrogen-bond donors (Lipinski definition) is 2. The van der Waals surface area contributed by atoms with Crippen LogP contribution in [0.15, 0.2) is 42.6 Å². The lowest BCUT2D eigenvalue weighted by Gasteiger charge is -2.05. The largest absolute Gasteiger partial charge is 0.508 e. The molecule has 1 aromatic carbocycles. The van der Waals surface area contributed by atoms with Crippen molar-refractivity contribution < 1.29 is 9.90 Å². The number of aromatic hydroxyl groups is 1. The van der Waals surface area contributed by atoms with Crippen LogP contribution in [-0.2, 0) is 6.54 Å². The van der Waals surface area contributed by atoms with Gasteiger partial charge in [0.1, 0.15) is 5.75 Å². The van der Waals surface area contributed by atoms with Gasteiger partial charge in [-0.2, -0.15) is 0 Å². The smallest absolute Gasteiger partial charge is 0.253 e. The average Bonchev–Trinajstić information content (AvgIpc) is 2.38. The topological polar surface area (TPSA) is 62.2 Å². The van der Waals surface area contributed by atoms with E-state index in [1.807, 2.05) is 6.92 Å². The Morgan fingerprint density at radius 1 is 1.22 bits per heavy atom. The molecule has 1 aromatic heterocycles. The van der Waals surface area contributed by atoms with E-state index in [2.05, 4.69) is 10.3 Å². The quantitative estimate of drug-likeness (QED) is 0.865. The van der Waals surface area contributed by atoms with Crippen LogP contribution in [0.4, 0.5) is 0 Å². The molecule has 0 aliphatic heterocycles. The highest BCUT2D eigenvalue weighted by Crippen LogP contribution is 2.09. The summed E-state index contributed by atoms with van der Waals surface area (Å²) in [4.78, 5) is 15.9. The number of rotatable bonds is 3. The average molecular weight is 242 g/mol. The van der Waals surface area contributed by atoms with Gasteiger partial charge in [-0.1, -0.05) is 12.1 Å². The van der Waals surface area contributed by atoms with Crippen LogP contribution < -0.4 is 5.32 Å². The van der Waals surface area contributed by atoms with Crippen LogP contribution in [-0.4, -0.2) is 16.0 Å². The SMILES string of the molecule is Cc1ccc(C(=O)NCc2ccc(O)cc2)cn1. The van der Waals surface area contributed by atoms with Crippen molar-refractivity contribution in [3.8, 4) is 5.75 Å². The zero-order chi connectivity index (χ0) is 13.0. The number of nitrogens with one attached hydrogen (secondary N) is 1. The molecule has 1 heterocycles. The first-order chi connectivity index (χ1) is 8.65. The van der Waals surface area contributed by atoms with E-state index in [1.54, 1.807) is 42.6 Å². The third-order valence-electron chi connectivity index (χ3n) is 2.56. The van der Waals surface area contributed by atoms with Crippen molar-refractivity contribution in [1.29, 1.82) is 0 Å². The zero-order valence-corrected chi connectivity index (χ0v) is 10.1. The number of pyridine rings is 1. The molecule has 0 unspecified atom stereocenters. The Morgan fingerprint density at radius 2 is 1.94 bits per heavy atom. The molecule has 18 heavy (non-hydrogen) atoms. The van der Waals surface area contributed by atoms with Crippen molar-refractivity contribution in [3.63, 3.8) is 0 Å². The summed E-state index contributed by atoms with van der Waals surface area (Å²) in [6.45, 7) is 2.30. The lowest BCUT2D eigenvalue weighted by Crippen LogP contribution is -2.22. The molecule has 4 nitrogen and oxygen atoms in total. The molecule has 0 aliphatic carbocycles. The number of aromatic nitrogens is 1. The number of hydrogen-bond acceptors (Lipinski definition) is 3. The number of amides is 1. The highest BCUT2D eigenvalue weighted by Gasteiger charge is 2.05. The first kappa shape index (κ1) is 12.1. The summed E-state index contributed by atoms with van der Waals surface area (Å²) < 4.78 is 0. The van der Waals surface area contributed by atoms with Crippen LogP contribution >= 0.6 is 0 Å². The molecule has 0 bridgehead atoms. The second-order valence-corrected chi connectivity index (χ2v) is 4.04. The Kier molecular flexibility index (Phi) is 3.57. The summed E-state index contributed by atoms with van der Waals surface area (Å²) in [5.41, 5.74) is 2.35. The van der Waals surface area contributed by atoms with Crippen LogP contribution in [0.2, 0.25) is 0 Å². The van der Waals surface area contributed by atoms with Gasteiger partial charge in [0.2, 0.25) is 0 Å². The summed E-state index contributed by atoms with van der Waals surface area (Å²) in [5.74, 6) is 0.0587. The number of nitrogens with zero attached hydrogens (tertiary/aromatic N) is 1. The van der Waals surface area contributed by atoms with E-state index in [9.17, 15) is 4.79 Å². The molecular weight excluding hydrogens is 228 g/mol. The van der Waals surface area contributed by atoms with E-state index in [0.717, 1.165) is 11.3 Å². The van der Waals surface area contributed by atoms with E-state index in [1.165, 1.54) is 0 Å². The molecule has 2 aromatic rings. The summed E-state index contributed by atoms with van der Waals surface area (Å²) in [7, 11) is 0. The van der Waals surface area contributed by atoms with Gasteiger partial charge in [0, 0.05) is 18.4 Å². The highest BCUT2D eigenvalue weighted by atomic mass is 16.3. The Bertz CT molecular complexity index is 533. The van der Waals surface area contributed by atoms with Crippen LogP contribution in [0.1, 0.15) is 21.6 Å². The van der Waals surface area contributed by atoms with E-state index in [4.69, 9.17) is 5.11 Å². The standard InChI is InChI=1S/C14H14N2O2/c1-10-2-5-12(9-15-10)14(18)16-8-11-3-6-13(17)7-4-11/h2-7,9,17H,8H2,1H3,(H,16,18). The van der Waals surface area contributed by atoms with Crippen molar-refractivity contribution in [2.24, 2.45) is 0 Å². The molecule has 0 atom stereocenters. The molecule has 0 saturated heterocycles. The van der Waals surface area contributed by atoms with Gasteiger partial charge in [0.05, 0.1) is 5.56 Å².